The summed E-state index contributed by atoms with van der Waals surface area (Å²) < 4.78 is 1.59. The molecule has 0 bridgehead atoms. The zero-order valence-electron chi connectivity index (χ0n) is 17.8. The number of nitrogens with one attached hydrogen (secondary N) is 3. The molecular weight excluding hydrogens is 503 g/mol. The Bertz CT molecular complexity index is 970. The molecule has 31 heavy (non-hydrogen) atoms. The van der Waals surface area contributed by atoms with E-state index >= 15 is 0 Å². The van der Waals surface area contributed by atoms with Crippen molar-refractivity contribution in [3.63, 3.8) is 0 Å². The van der Waals surface area contributed by atoms with Gasteiger partial charge in [0.1, 0.15) is 6.54 Å². The van der Waals surface area contributed by atoms with E-state index in [0.29, 0.717) is 13.1 Å². The molecular formula is C23H29IN6O. The molecule has 0 aliphatic heterocycles. The van der Waals surface area contributed by atoms with Crippen LogP contribution in [0.5, 0.6) is 0 Å². The number of rotatable bonds is 8. The Labute approximate surface area is 200 Å². The van der Waals surface area contributed by atoms with Crippen molar-refractivity contribution in [2.45, 2.75) is 33.5 Å². The van der Waals surface area contributed by atoms with E-state index in [-0.39, 0.29) is 36.4 Å². The zero-order valence-corrected chi connectivity index (χ0v) is 20.2. The van der Waals surface area contributed by atoms with Gasteiger partial charge in [-0.05, 0) is 43.2 Å². The van der Waals surface area contributed by atoms with Gasteiger partial charge in [0.2, 0.25) is 5.91 Å². The van der Waals surface area contributed by atoms with E-state index in [2.05, 4.69) is 57.2 Å². The van der Waals surface area contributed by atoms with Crippen LogP contribution in [0.15, 0.2) is 72.0 Å². The smallest absolute Gasteiger partial charge is 0.246 e. The molecule has 1 heterocycles. The first kappa shape index (κ1) is 24.4. The van der Waals surface area contributed by atoms with Crippen molar-refractivity contribution >= 4 is 41.5 Å². The average Bonchev–Trinajstić information content (AvgIpc) is 3.24. The molecule has 0 aliphatic rings. The number of aryl methyl sites for hydroxylation is 1. The molecule has 1 aromatic heterocycles. The van der Waals surface area contributed by atoms with Crippen molar-refractivity contribution in [2.24, 2.45) is 4.99 Å². The summed E-state index contributed by atoms with van der Waals surface area (Å²) in [5.74, 6) is 0.638. The molecule has 0 fully saturated rings. The van der Waals surface area contributed by atoms with Crippen molar-refractivity contribution < 1.29 is 4.79 Å². The molecule has 0 spiro atoms. The third-order valence-corrected chi connectivity index (χ3v) is 4.42. The predicted octanol–water partition coefficient (Wildman–Crippen LogP) is 3.70. The van der Waals surface area contributed by atoms with Gasteiger partial charge in [0, 0.05) is 31.2 Å². The first-order chi connectivity index (χ1) is 14.6. The van der Waals surface area contributed by atoms with Gasteiger partial charge in [-0.15, -0.1) is 24.0 Å². The van der Waals surface area contributed by atoms with Crippen LogP contribution in [0.3, 0.4) is 0 Å². The minimum atomic E-state index is -0.118. The largest absolute Gasteiger partial charge is 0.357 e. The number of aromatic nitrogens is 2. The third-order valence-electron chi connectivity index (χ3n) is 4.42. The summed E-state index contributed by atoms with van der Waals surface area (Å²) in [7, 11) is 0. The average molecular weight is 532 g/mol. The van der Waals surface area contributed by atoms with E-state index in [1.165, 1.54) is 11.1 Å². The molecule has 8 heteroatoms. The Morgan fingerprint density at radius 1 is 1.06 bits per heavy atom. The van der Waals surface area contributed by atoms with Crippen LogP contribution >= 0.6 is 24.0 Å². The highest BCUT2D eigenvalue weighted by Crippen LogP contribution is 2.12. The number of carbonyl (C=O) groups excluding carboxylic acids is 1. The van der Waals surface area contributed by atoms with Crippen LogP contribution in [0.1, 0.15) is 23.6 Å². The van der Waals surface area contributed by atoms with E-state index in [0.717, 1.165) is 23.8 Å². The second-order valence-electron chi connectivity index (χ2n) is 6.99. The number of guanidine groups is 1. The van der Waals surface area contributed by atoms with Gasteiger partial charge in [0.15, 0.2) is 5.96 Å². The molecule has 0 saturated carbocycles. The number of amides is 1. The van der Waals surface area contributed by atoms with Crippen molar-refractivity contribution in [3.05, 3.63) is 83.7 Å². The lowest BCUT2D eigenvalue weighted by Gasteiger charge is -2.12. The Morgan fingerprint density at radius 2 is 1.87 bits per heavy atom. The van der Waals surface area contributed by atoms with Gasteiger partial charge in [-0.2, -0.15) is 5.10 Å². The first-order valence-corrected chi connectivity index (χ1v) is 10.1. The third kappa shape index (κ3) is 8.41. The summed E-state index contributed by atoms with van der Waals surface area (Å²) in [4.78, 5) is 16.8. The van der Waals surface area contributed by atoms with Crippen LogP contribution in [-0.4, -0.2) is 28.2 Å². The lowest BCUT2D eigenvalue weighted by molar-refractivity contribution is -0.116. The molecule has 0 saturated heterocycles. The van der Waals surface area contributed by atoms with Crippen molar-refractivity contribution in [1.82, 2.24) is 20.4 Å². The molecule has 2 aromatic carbocycles. The fraction of sp³-hybridized carbons (Fsp3) is 0.261. The van der Waals surface area contributed by atoms with Crippen molar-refractivity contribution in [2.75, 3.05) is 11.9 Å². The maximum absolute atomic E-state index is 12.2. The number of anilines is 1. The Balaban J connectivity index is 0.00000341. The Morgan fingerprint density at radius 3 is 2.58 bits per heavy atom. The summed E-state index contributed by atoms with van der Waals surface area (Å²) in [6.45, 7) is 6.30. The zero-order chi connectivity index (χ0) is 21.2. The predicted molar refractivity (Wildman–Crippen MR) is 136 cm³/mol. The minimum Gasteiger partial charge on any atom is -0.357 e. The maximum Gasteiger partial charge on any atom is 0.246 e. The number of hydrogen-bond acceptors (Lipinski definition) is 3. The SMILES string of the molecule is CCNC(=NCc1cccc(NC(=O)Cn2cccn2)c1)NCc1ccc(C)cc1.I. The number of nitrogens with zero attached hydrogens (tertiary/aromatic N) is 3. The van der Waals surface area contributed by atoms with Gasteiger partial charge < -0.3 is 16.0 Å². The molecule has 0 atom stereocenters. The molecule has 3 aromatic rings. The van der Waals surface area contributed by atoms with E-state index in [9.17, 15) is 4.79 Å². The monoisotopic (exact) mass is 532 g/mol. The quantitative estimate of drug-likeness (QED) is 0.235. The summed E-state index contributed by atoms with van der Waals surface area (Å²) in [5.41, 5.74) is 4.21. The van der Waals surface area contributed by atoms with Crippen molar-refractivity contribution in [3.8, 4) is 0 Å². The van der Waals surface area contributed by atoms with Gasteiger partial charge in [-0.1, -0.05) is 42.0 Å². The molecule has 0 radical (unpaired) electrons. The molecule has 164 valence electrons. The van der Waals surface area contributed by atoms with Crippen LogP contribution in [0.2, 0.25) is 0 Å². The van der Waals surface area contributed by atoms with Gasteiger partial charge >= 0.3 is 0 Å². The van der Waals surface area contributed by atoms with E-state index < -0.39 is 0 Å². The van der Waals surface area contributed by atoms with Crippen LogP contribution in [0, 0.1) is 6.92 Å². The second-order valence-corrected chi connectivity index (χ2v) is 6.99. The van der Waals surface area contributed by atoms with Crippen LogP contribution in [0.25, 0.3) is 0 Å². The highest BCUT2D eigenvalue weighted by atomic mass is 127. The molecule has 0 unspecified atom stereocenters. The normalized spacial score (nSPS) is 10.8. The first-order valence-electron chi connectivity index (χ1n) is 10.1. The lowest BCUT2D eigenvalue weighted by Crippen LogP contribution is -2.36. The summed E-state index contributed by atoms with van der Waals surface area (Å²) in [6.07, 6.45) is 3.41. The number of carbonyl (C=O) groups is 1. The van der Waals surface area contributed by atoms with Gasteiger partial charge in [0.05, 0.1) is 6.54 Å². The number of benzene rings is 2. The van der Waals surface area contributed by atoms with Crippen molar-refractivity contribution in [1.29, 1.82) is 0 Å². The molecule has 7 nitrogen and oxygen atoms in total. The molecule has 3 N–H and O–H groups in total. The summed E-state index contributed by atoms with van der Waals surface area (Å²) >= 11 is 0. The van der Waals surface area contributed by atoms with Gasteiger partial charge in [-0.3, -0.25) is 9.48 Å². The number of hydrogen-bond donors (Lipinski definition) is 3. The van der Waals surface area contributed by atoms with Gasteiger partial charge in [-0.25, -0.2) is 4.99 Å². The second kappa shape index (κ2) is 12.7. The minimum absolute atomic E-state index is 0. The number of halogens is 1. The Kier molecular flexibility index (Phi) is 10.0. The molecule has 1 amide bonds. The molecule has 3 rings (SSSR count). The standard InChI is InChI=1S/C23H28N6O.HI/c1-3-24-23(25-15-19-10-8-18(2)9-11-19)26-16-20-6-4-7-21(14-20)28-22(30)17-29-13-5-12-27-29;/h4-14H,3,15-17H2,1-2H3,(H,28,30)(H2,24,25,26);1H. The Hall–Kier alpha value is -2.88. The fourth-order valence-corrected chi connectivity index (χ4v) is 2.89. The van der Waals surface area contributed by atoms with Crippen LogP contribution in [-0.2, 0) is 24.4 Å². The van der Waals surface area contributed by atoms with E-state index in [4.69, 9.17) is 0 Å². The lowest BCUT2D eigenvalue weighted by atomic mass is 10.1. The maximum atomic E-state index is 12.2. The summed E-state index contributed by atoms with van der Waals surface area (Å²) in [5, 5.41) is 13.6. The highest BCUT2D eigenvalue weighted by molar-refractivity contribution is 14.0. The fourth-order valence-electron chi connectivity index (χ4n) is 2.89. The van der Waals surface area contributed by atoms with Gasteiger partial charge in [0.25, 0.3) is 0 Å². The summed E-state index contributed by atoms with van der Waals surface area (Å²) in [6, 6.07) is 17.9. The topological polar surface area (TPSA) is 83.3 Å². The highest BCUT2D eigenvalue weighted by Gasteiger charge is 2.05. The van der Waals surface area contributed by atoms with E-state index in [1.54, 1.807) is 23.1 Å². The van der Waals surface area contributed by atoms with Crippen LogP contribution < -0.4 is 16.0 Å². The molecule has 0 aliphatic carbocycles. The van der Waals surface area contributed by atoms with E-state index in [1.807, 2.05) is 31.2 Å². The van der Waals surface area contributed by atoms with Crippen LogP contribution in [0.4, 0.5) is 5.69 Å². The number of aliphatic imine (C=N–C) groups is 1.